The van der Waals surface area contributed by atoms with Gasteiger partial charge in [0, 0.05) is 5.69 Å². The van der Waals surface area contributed by atoms with Gasteiger partial charge in [-0.05, 0) is 51.0 Å². The van der Waals surface area contributed by atoms with Crippen LogP contribution in [0.25, 0.3) is 0 Å². The lowest BCUT2D eigenvalue weighted by Gasteiger charge is -2.10. The normalized spacial score (nSPS) is 10.3. The van der Waals surface area contributed by atoms with Gasteiger partial charge >= 0.3 is 0 Å². The number of hydrogen-bond acceptors (Lipinski definition) is 3. The van der Waals surface area contributed by atoms with Crippen molar-refractivity contribution in [1.82, 2.24) is 9.97 Å². The molecule has 0 aliphatic carbocycles. The zero-order valence-corrected chi connectivity index (χ0v) is 11.6. The van der Waals surface area contributed by atoms with E-state index in [1.807, 2.05) is 45.9 Å². The molecule has 1 amide bonds. The van der Waals surface area contributed by atoms with Crippen LogP contribution in [-0.2, 0) is 0 Å². The van der Waals surface area contributed by atoms with Gasteiger partial charge in [0.15, 0.2) is 0 Å². The Hall–Kier alpha value is -2.23. The average molecular weight is 255 g/mol. The van der Waals surface area contributed by atoms with Crippen LogP contribution in [0.4, 0.5) is 5.69 Å². The van der Waals surface area contributed by atoms with Gasteiger partial charge in [-0.25, -0.2) is 9.97 Å². The van der Waals surface area contributed by atoms with Gasteiger partial charge in [0.2, 0.25) is 0 Å². The van der Waals surface area contributed by atoms with Crippen molar-refractivity contribution in [3.8, 4) is 0 Å². The second kappa shape index (κ2) is 5.18. The molecular formula is C15H17N3O. The van der Waals surface area contributed by atoms with Gasteiger partial charge in [0.1, 0.15) is 6.33 Å². The molecule has 19 heavy (non-hydrogen) atoms. The minimum atomic E-state index is -0.168. The van der Waals surface area contributed by atoms with Gasteiger partial charge < -0.3 is 5.32 Å². The molecule has 98 valence electrons. The molecule has 0 atom stereocenters. The van der Waals surface area contributed by atoms with Crippen molar-refractivity contribution >= 4 is 11.6 Å². The van der Waals surface area contributed by atoms with E-state index in [-0.39, 0.29) is 5.91 Å². The first-order valence-corrected chi connectivity index (χ1v) is 6.16. The maximum absolute atomic E-state index is 12.3. The van der Waals surface area contributed by atoms with Gasteiger partial charge in [-0.2, -0.15) is 0 Å². The molecule has 0 spiro atoms. The Morgan fingerprint density at radius 2 is 1.63 bits per heavy atom. The number of nitrogens with one attached hydrogen (secondary N) is 1. The summed E-state index contributed by atoms with van der Waals surface area (Å²) in [5.74, 6) is -0.168. The standard InChI is InChI=1S/C15H17N3O/c1-9-5-6-13(7-10(9)2)18-15(19)14-11(3)16-8-17-12(14)4/h5-8H,1-4H3,(H,18,19). The fourth-order valence-corrected chi connectivity index (χ4v) is 1.93. The number of rotatable bonds is 2. The molecule has 0 aliphatic rings. The van der Waals surface area contributed by atoms with Crippen molar-refractivity contribution in [3.05, 3.63) is 52.6 Å². The predicted octanol–water partition coefficient (Wildman–Crippen LogP) is 2.96. The Morgan fingerprint density at radius 3 is 2.21 bits per heavy atom. The summed E-state index contributed by atoms with van der Waals surface area (Å²) in [6.07, 6.45) is 1.47. The van der Waals surface area contributed by atoms with Crippen LogP contribution in [0.1, 0.15) is 32.9 Å². The molecule has 1 N–H and O–H groups in total. The summed E-state index contributed by atoms with van der Waals surface area (Å²) in [6, 6.07) is 5.85. The number of anilines is 1. The Morgan fingerprint density at radius 1 is 1.00 bits per heavy atom. The van der Waals surface area contributed by atoms with E-state index in [9.17, 15) is 4.79 Å². The van der Waals surface area contributed by atoms with Gasteiger partial charge in [0.05, 0.1) is 17.0 Å². The summed E-state index contributed by atoms with van der Waals surface area (Å²) >= 11 is 0. The van der Waals surface area contributed by atoms with Crippen molar-refractivity contribution in [2.75, 3.05) is 5.32 Å². The summed E-state index contributed by atoms with van der Waals surface area (Å²) in [7, 11) is 0. The van der Waals surface area contributed by atoms with E-state index in [0.717, 1.165) is 11.3 Å². The van der Waals surface area contributed by atoms with E-state index in [1.54, 1.807) is 0 Å². The van der Waals surface area contributed by atoms with Crippen LogP contribution < -0.4 is 5.32 Å². The fraction of sp³-hybridized carbons (Fsp3) is 0.267. The number of amides is 1. The molecular weight excluding hydrogens is 238 g/mol. The van der Waals surface area contributed by atoms with Gasteiger partial charge in [-0.15, -0.1) is 0 Å². The largest absolute Gasteiger partial charge is 0.322 e. The summed E-state index contributed by atoms with van der Waals surface area (Å²) in [6.45, 7) is 7.68. The lowest BCUT2D eigenvalue weighted by Crippen LogP contribution is -2.16. The lowest BCUT2D eigenvalue weighted by molar-refractivity contribution is 0.102. The van der Waals surface area contributed by atoms with Crippen LogP contribution >= 0.6 is 0 Å². The molecule has 1 aromatic carbocycles. The van der Waals surface area contributed by atoms with Crippen LogP contribution in [0, 0.1) is 27.7 Å². The monoisotopic (exact) mass is 255 g/mol. The van der Waals surface area contributed by atoms with Gasteiger partial charge in [0.25, 0.3) is 5.91 Å². The third-order valence-electron chi connectivity index (χ3n) is 3.22. The summed E-state index contributed by atoms with van der Waals surface area (Å²) in [5.41, 5.74) is 5.06. The van der Waals surface area contributed by atoms with Crippen LogP contribution in [0.5, 0.6) is 0 Å². The third kappa shape index (κ3) is 2.78. The summed E-state index contributed by atoms with van der Waals surface area (Å²) < 4.78 is 0. The number of aromatic nitrogens is 2. The number of benzene rings is 1. The third-order valence-corrected chi connectivity index (χ3v) is 3.22. The number of carbonyl (C=O) groups excluding carboxylic acids is 1. The number of aryl methyl sites for hydroxylation is 4. The Balaban J connectivity index is 2.28. The molecule has 0 radical (unpaired) electrons. The topological polar surface area (TPSA) is 54.9 Å². The van der Waals surface area contributed by atoms with Gasteiger partial charge in [-0.1, -0.05) is 6.07 Å². The zero-order valence-electron chi connectivity index (χ0n) is 11.6. The molecule has 0 saturated carbocycles. The molecule has 0 saturated heterocycles. The van der Waals surface area contributed by atoms with Crippen LogP contribution in [0.2, 0.25) is 0 Å². The Bertz CT molecular complexity index is 615. The SMILES string of the molecule is Cc1ccc(NC(=O)c2c(C)ncnc2C)cc1C. The molecule has 4 nitrogen and oxygen atoms in total. The Labute approximate surface area is 112 Å². The lowest BCUT2D eigenvalue weighted by atomic mass is 10.1. The molecule has 2 aromatic rings. The van der Waals surface area contributed by atoms with Crippen molar-refractivity contribution in [2.45, 2.75) is 27.7 Å². The highest BCUT2D eigenvalue weighted by Gasteiger charge is 2.14. The first kappa shape index (κ1) is 13.2. The second-order valence-electron chi connectivity index (χ2n) is 4.67. The van der Waals surface area contributed by atoms with Gasteiger partial charge in [-0.3, -0.25) is 4.79 Å². The van der Waals surface area contributed by atoms with E-state index in [2.05, 4.69) is 15.3 Å². The first-order valence-electron chi connectivity index (χ1n) is 6.16. The van der Waals surface area contributed by atoms with E-state index in [0.29, 0.717) is 17.0 Å². The van der Waals surface area contributed by atoms with E-state index in [1.165, 1.54) is 11.9 Å². The molecule has 0 bridgehead atoms. The van der Waals surface area contributed by atoms with Crippen molar-refractivity contribution in [3.63, 3.8) is 0 Å². The molecule has 1 heterocycles. The quantitative estimate of drug-likeness (QED) is 0.897. The highest BCUT2D eigenvalue weighted by Crippen LogP contribution is 2.16. The Kier molecular flexibility index (Phi) is 3.60. The number of nitrogens with zero attached hydrogens (tertiary/aromatic N) is 2. The molecule has 4 heteroatoms. The van der Waals surface area contributed by atoms with Crippen molar-refractivity contribution < 1.29 is 4.79 Å². The molecule has 1 aromatic heterocycles. The first-order chi connectivity index (χ1) is 8.99. The zero-order chi connectivity index (χ0) is 14.0. The molecule has 0 aliphatic heterocycles. The second-order valence-corrected chi connectivity index (χ2v) is 4.67. The predicted molar refractivity (Wildman–Crippen MR) is 75.4 cm³/mol. The number of hydrogen-bond donors (Lipinski definition) is 1. The summed E-state index contributed by atoms with van der Waals surface area (Å²) in [4.78, 5) is 20.4. The van der Waals surface area contributed by atoms with E-state index in [4.69, 9.17) is 0 Å². The van der Waals surface area contributed by atoms with Crippen molar-refractivity contribution in [1.29, 1.82) is 0 Å². The minimum absolute atomic E-state index is 0.168. The van der Waals surface area contributed by atoms with Crippen LogP contribution in [-0.4, -0.2) is 15.9 Å². The summed E-state index contributed by atoms with van der Waals surface area (Å²) in [5, 5.41) is 2.89. The minimum Gasteiger partial charge on any atom is -0.322 e. The van der Waals surface area contributed by atoms with E-state index >= 15 is 0 Å². The maximum Gasteiger partial charge on any atom is 0.259 e. The highest BCUT2D eigenvalue weighted by atomic mass is 16.1. The maximum atomic E-state index is 12.3. The van der Waals surface area contributed by atoms with Crippen LogP contribution in [0.15, 0.2) is 24.5 Å². The smallest absolute Gasteiger partial charge is 0.259 e. The average Bonchev–Trinajstić information content (AvgIpc) is 2.33. The highest BCUT2D eigenvalue weighted by molar-refractivity contribution is 6.05. The van der Waals surface area contributed by atoms with Crippen molar-refractivity contribution in [2.24, 2.45) is 0 Å². The molecule has 0 fully saturated rings. The molecule has 0 unspecified atom stereocenters. The van der Waals surface area contributed by atoms with E-state index < -0.39 is 0 Å². The van der Waals surface area contributed by atoms with Crippen LogP contribution in [0.3, 0.4) is 0 Å². The molecule has 2 rings (SSSR count). The number of carbonyl (C=O) groups is 1. The fourth-order valence-electron chi connectivity index (χ4n) is 1.93.